The Morgan fingerprint density at radius 3 is 2.30 bits per heavy atom. The molecule has 0 spiro atoms. The first-order valence-electron chi connectivity index (χ1n) is 12.7. The van der Waals surface area contributed by atoms with Crippen molar-refractivity contribution in [3.63, 3.8) is 0 Å². The summed E-state index contributed by atoms with van der Waals surface area (Å²) in [6.45, 7) is 13.6. The van der Waals surface area contributed by atoms with E-state index < -0.39 is 28.9 Å². The number of halogens is 2. The van der Waals surface area contributed by atoms with E-state index in [1.807, 2.05) is 52.8 Å². The molecule has 0 atom stereocenters. The summed E-state index contributed by atoms with van der Waals surface area (Å²) in [6, 6.07) is 8.17. The van der Waals surface area contributed by atoms with Crippen molar-refractivity contribution in [2.75, 3.05) is 5.73 Å². The maximum atomic E-state index is 15.5. The summed E-state index contributed by atoms with van der Waals surface area (Å²) in [5, 5.41) is 4.99. The molecule has 37 heavy (non-hydrogen) atoms. The fraction of sp³-hybridized carbons (Fsp3) is 0.448. The highest BCUT2D eigenvalue weighted by Gasteiger charge is 2.42. The van der Waals surface area contributed by atoms with Gasteiger partial charge in [0.05, 0.1) is 29.3 Å². The average Bonchev–Trinajstić information content (AvgIpc) is 3.15. The van der Waals surface area contributed by atoms with Gasteiger partial charge in [0.25, 0.3) is 0 Å². The number of fused-ring (bicyclic) bond motifs is 1. The Morgan fingerprint density at radius 1 is 1.11 bits per heavy atom. The number of hydrogen-bond acceptors (Lipinski definition) is 4. The van der Waals surface area contributed by atoms with Crippen LogP contribution in [0.5, 0.6) is 0 Å². The number of rotatable bonds is 4. The second kappa shape index (κ2) is 9.47. The smallest absolute Gasteiger partial charge is 0.411 e. The minimum atomic E-state index is -0.711. The molecule has 1 aliphatic rings. The molecular formula is C29H36F2N4O2. The van der Waals surface area contributed by atoms with Crippen molar-refractivity contribution in [1.82, 2.24) is 14.7 Å². The molecular weight excluding hydrogens is 474 g/mol. The number of aryl methyl sites for hydroxylation is 2. The molecule has 0 radical (unpaired) electrons. The molecule has 0 saturated carbocycles. The highest BCUT2D eigenvalue weighted by Crippen LogP contribution is 2.41. The van der Waals surface area contributed by atoms with Crippen LogP contribution in [0.3, 0.4) is 0 Å². The summed E-state index contributed by atoms with van der Waals surface area (Å²) in [6.07, 6.45) is 1.44. The van der Waals surface area contributed by atoms with E-state index in [4.69, 9.17) is 15.6 Å². The molecule has 1 aliphatic heterocycles. The van der Waals surface area contributed by atoms with Crippen molar-refractivity contribution in [3.8, 4) is 16.9 Å². The van der Waals surface area contributed by atoms with Crippen molar-refractivity contribution < 1.29 is 18.3 Å². The van der Waals surface area contributed by atoms with Crippen molar-refractivity contribution in [1.29, 1.82) is 0 Å². The van der Waals surface area contributed by atoms with Crippen LogP contribution in [0, 0.1) is 11.6 Å². The molecule has 6 nitrogen and oxygen atoms in total. The molecule has 0 aliphatic carbocycles. The number of benzene rings is 2. The van der Waals surface area contributed by atoms with Gasteiger partial charge >= 0.3 is 6.09 Å². The van der Waals surface area contributed by atoms with Crippen LogP contribution in [-0.4, -0.2) is 31.9 Å². The van der Waals surface area contributed by atoms with Gasteiger partial charge in [0.15, 0.2) is 0 Å². The summed E-state index contributed by atoms with van der Waals surface area (Å²) in [5.74, 6) is -1.36. The van der Waals surface area contributed by atoms with Crippen LogP contribution < -0.4 is 5.73 Å². The van der Waals surface area contributed by atoms with Gasteiger partial charge in [-0.05, 0) is 64.7 Å². The van der Waals surface area contributed by atoms with Crippen LogP contribution in [-0.2, 0) is 30.5 Å². The zero-order chi connectivity index (χ0) is 27.3. The fourth-order valence-electron chi connectivity index (χ4n) is 4.98. The lowest BCUT2D eigenvalue weighted by atomic mass is 9.88. The Morgan fingerprint density at radius 2 is 1.73 bits per heavy atom. The topological polar surface area (TPSA) is 73.4 Å². The quantitative estimate of drug-likeness (QED) is 0.402. The van der Waals surface area contributed by atoms with Gasteiger partial charge in [0, 0.05) is 29.2 Å². The van der Waals surface area contributed by atoms with Crippen LogP contribution >= 0.6 is 0 Å². The Kier molecular flexibility index (Phi) is 6.82. The van der Waals surface area contributed by atoms with Crippen molar-refractivity contribution in [2.24, 2.45) is 0 Å². The summed E-state index contributed by atoms with van der Waals surface area (Å²) < 4.78 is 37.6. The van der Waals surface area contributed by atoms with Gasteiger partial charge in [-0.2, -0.15) is 5.10 Å². The predicted molar refractivity (Wildman–Crippen MR) is 142 cm³/mol. The zero-order valence-electron chi connectivity index (χ0n) is 22.7. The van der Waals surface area contributed by atoms with Gasteiger partial charge in [-0.25, -0.2) is 18.3 Å². The largest absolute Gasteiger partial charge is 0.444 e. The number of nitrogens with zero attached hydrogens (tertiary/aromatic N) is 3. The van der Waals surface area contributed by atoms with Crippen LogP contribution in [0.2, 0.25) is 0 Å². The highest BCUT2D eigenvalue weighted by atomic mass is 19.1. The normalized spacial score (nSPS) is 15.0. The third-order valence-corrected chi connectivity index (χ3v) is 6.85. The number of anilines is 1. The molecule has 2 aromatic carbocycles. The Hall–Kier alpha value is -3.42. The van der Waals surface area contributed by atoms with E-state index in [2.05, 4.69) is 13.8 Å². The number of carbonyl (C=O) groups is 1. The number of aromatic nitrogens is 2. The van der Waals surface area contributed by atoms with Gasteiger partial charge in [0.1, 0.15) is 17.2 Å². The monoisotopic (exact) mass is 510 g/mol. The first-order chi connectivity index (χ1) is 17.3. The lowest BCUT2D eigenvalue weighted by Gasteiger charge is -2.42. The number of hydrogen-bond donors (Lipinski definition) is 1. The Bertz CT molecular complexity index is 1330. The molecule has 8 heteroatoms. The third kappa shape index (κ3) is 4.93. The molecule has 0 fully saturated rings. The fourth-order valence-corrected chi connectivity index (χ4v) is 4.98. The van der Waals surface area contributed by atoms with E-state index in [1.165, 1.54) is 0 Å². The number of amides is 1. The van der Waals surface area contributed by atoms with E-state index in [0.29, 0.717) is 17.7 Å². The maximum absolute atomic E-state index is 15.5. The van der Waals surface area contributed by atoms with Gasteiger partial charge in [-0.1, -0.05) is 32.0 Å². The summed E-state index contributed by atoms with van der Waals surface area (Å²) in [5.41, 5.74) is 8.95. The van der Waals surface area contributed by atoms with Crippen molar-refractivity contribution in [2.45, 2.75) is 85.4 Å². The summed E-state index contributed by atoms with van der Waals surface area (Å²) in [7, 11) is 0. The molecule has 1 amide bonds. The van der Waals surface area contributed by atoms with E-state index in [-0.39, 0.29) is 17.8 Å². The molecule has 0 saturated heterocycles. The van der Waals surface area contributed by atoms with Crippen LogP contribution in [0.4, 0.5) is 19.3 Å². The average molecular weight is 511 g/mol. The molecule has 0 bridgehead atoms. The molecule has 0 unspecified atom stereocenters. The van der Waals surface area contributed by atoms with E-state index in [9.17, 15) is 9.18 Å². The molecule has 198 valence electrons. The minimum absolute atomic E-state index is 0.0530. The van der Waals surface area contributed by atoms with E-state index in [0.717, 1.165) is 47.5 Å². The molecule has 4 rings (SSSR count). The number of carbonyl (C=O) groups excluding carboxylic acids is 1. The summed E-state index contributed by atoms with van der Waals surface area (Å²) >= 11 is 0. The second-order valence-corrected chi connectivity index (χ2v) is 11.2. The van der Waals surface area contributed by atoms with E-state index in [1.54, 1.807) is 9.58 Å². The highest BCUT2D eigenvalue weighted by molar-refractivity contribution is 5.74. The number of ether oxygens (including phenoxy) is 1. The van der Waals surface area contributed by atoms with Crippen LogP contribution in [0.15, 0.2) is 30.3 Å². The van der Waals surface area contributed by atoms with Gasteiger partial charge in [0.2, 0.25) is 0 Å². The van der Waals surface area contributed by atoms with Gasteiger partial charge < -0.3 is 10.5 Å². The van der Waals surface area contributed by atoms with Gasteiger partial charge in [-0.3, -0.25) is 4.90 Å². The van der Waals surface area contributed by atoms with E-state index >= 15 is 4.39 Å². The zero-order valence-corrected chi connectivity index (χ0v) is 22.7. The predicted octanol–water partition coefficient (Wildman–Crippen LogP) is 6.60. The Labute approximate surface area is 217 Å². The van der Waals surface area contributed by atoms with Crippen molar-refractivity contribution >= 4 is 11.8 Å². The number of para-hydroxylation sites is 1. The summed E-state index contributed by atoms with van der Waals surface area (Å²) in [4.78, 5) is 14.9. The van der Waals surface area contributed by atoms with Crippen LogP contribution in [0.1, 0.15) is 70.9 Å². The second-order valence-electron chi connectivity index (χ2n) is 11.2. The first-order valence-corrected chi connectivity index (χ1v) is 12.7. The van der Waals surface area contributed by atoms with Gasteiger partial charge in [-0.15, -0.1) is 0 Å². The lowest BCUT2D eigenvalue weighted by molar-refractivity contribution is -0.00264. The van der Waals surface area contributed by atoms with Crippen molar-refractivity contribution in [3.05, 3.63) is 64.4 Å². The standard InChI is InChI=1S/C29H36F2N4O2/c1-8-17-11-10-12-18(9-2)25(17)35-26(19-13-22(31)23(32)14-21(19)30)20-16-34(27(36)37-28(3,4)5)29(6,7)15-24(20)33-35/h10-14H,8-9,15-16,32H2,1-7H3. The molecule has 3 aromatic rings. The number of nitrogens with two attached hydrogens (primary N) is 1. The molecule has 2 heterocycles. The minimum Gasteiger partial charge on any atom is -0.444 e. The first kappa shape index (κ1) is 26.6. The lowest BCUT2D eigenvalue weighted by Crippen LogP contribution is -2.52. The number of nitrogen functional groups attached to an aromatic ring is 1. The maximum Gasteiger partial charge on any atom is 0.411 e. The third-order valence-electron chi connectivity index (χ3n) is 6.85. The Balaban J connectivity index is 2.01. The molecule has 2 N–H and O–H groups in total. The SMILES string of the molecule is CCc1cccc(CC)c1-n1nc2c(c1-c1cc(F)c(N)cc1F)CN(C(=O)OC(C)(C)C)C(C)(C)C2. The van der Waals surface area contributed by atoms with Crippen LogP contribution in [0.25, 0.3) is 16.9 Å². The molecule has 1 aromatic heterocycles.